The highest BCUT2D eigenvalue weighted by molar-refractivity contribution is 6.32. The van der Waals surface area contributed by atoms with E-state index in [9.17, 15) is 4.39 Å². The SMILES string of the molecule is C#[N+]c1cc(OC(C)C)c(Cl)cc1F. The molecule has 0 saturated heterocycles. The number of hydrogen-bond donors (Lipinski definition) is 0. The number of halogens is 2. The molecule has 0 unspecified atom stereocenters. The second-order valence-corrected chi connectivity index (χ2v) is 3.44. The molecule has 0 aliphatic rings. The zero-order chi connectivity index (χ0) is 10.7. The molecule has 2 nitrogen and oxygen atoms in total. The number of ether oxygens (including phenoxy) is 1. The van der Waals surface area contributed by atoms with Crippen LogP contribution >= 0.6 is 11.6 Å². The molecule has 0 spiro atoms. The van der Waals surface area contributed by atoms with E-state index in [0.717, 1.165) is 6.07 Å². The summed E-state index contributed by atoms with van der Waals surface area (Å²) in [5.74, 6) is -0.180. The van der Waals surface area contributed by atoms with E-state index in [1.54, 1.807) is 0 Å². The highest BCUT2D eigenvalue weighted by Crippen LogP contribution is 2.32. The number of rotatable bonds is 2. The lowest BCUT2D eigenvalue weighted by Gasteiger charge is -2.09. The fraction of sp³-hybridized carbons (Fsp3) is 0.300. The summed E-state index contributed by atoms with van der Waals surface area (Å²) in [6, 6.07) is 2.50. The van der Waals surface area contributed by atoms with Crippen molar-refractivity contribution >= 4 is 17.3 Å². The highest BCUT2D eigenvalue weighted by Gasteiger charge is 2.16. The van der Waals surface area contributed by atoms with Crippen LogP contribution in [0.2, 0.25) is 5.02 Å². The largest absolute Gasteiger partial charge is 0.489 e. The molecule has 74 valence electrons. The van der Waals surface area contributed by atoms with Gasteiger partial charge in [-0.1, -0.05) is 11.6 Å². The third-order valence-electron chi connectivity index (χ3n) is 1.50. The normalized spacial score (nSPS) is 10.0. The molecule has 0 amide bonds. The van der Waals surface area contributed by atoms with Crippen molar-refractivity contribution in [1.29, 1.82) is 0 Å². The fourth-order valence-electron chi connectivity index (χ4n) is 0.962. The summed E-state index contributed by atoms with van der Waals surface area (Å²) < 4.78 is 18.4. The molecule has 0 aliphatic heterocycles. The predicted molar refractivity (Wildman–Crippen MR) is 55.1 cm³/mol. The van der Waals surface area contributed by atoms with Crippen LogP contribution in [0.25, 0.3) is 4.85 Å². The van der Waals surface area contributed by atoms with Crippen molar-refractivity contribution in [1.82, 2.24) is 0 Å². The average molecular weight is 215 g/mol. The van der Waals surface area contributed by atoms with E-state index in [1.807, 2.05) is 13.8 Å². The molecule has 0 N–H and O–H groups in total. The van der Waals surface area contributed by atoms with Crippen molar-refractivity contribution in [3.63, 3.8) is 0 Å². The Morgan fingerprint density at radius 3 is 2.64 bits per heavy atom. The molecule has 4 heteroatoms. The maximum absolute atomic E-state index is 13.1. The molecule has 1 aromatic carbocycles. The second-order valence-electron chi connectivity index (χ2n) is 3.03. The molecule has 14 heavy (non-hydrogen) atoms. The van der Waals surface area contributed by atoms with Crippen LogP contribution in [0, 0.1) is 12.4 Å². The van der Waals surface area contributed by atoms with E-state index < -0.39 is 5.82 Å². The summed E-state index contributed by atoms with van der Waals surface area (Å²) in [7, 11) is 0. The van der Waals surface area contributed by atoms with Crippen LogP contribution in [0.4, 0.5) is 10.1 Å². The molecule has 0 saturated carbocycles. The number of hydrogen-bond acceptors (Lipinski definition) is 1. The minimum atomic E-state index is -0.561. The molecule has 0 fully saturated rings. The van der Waals surface area contributed by atoms with Crippen LogP contribution < -0.4 is 4.74 Å². The van der Waals surface area contributed by atoms with E-state index in [4.69, 9.17) is 22.9 Å². The maximum atomic E-state index is 13.1. The summed E-state index contributed by atoms with van der Waals surface area (Å²) in [4.78, 5) is 3.27. The first-order valence-corrected chi connectivity index (χ1v) is 4.49. The molecule has 0 bridgehead atoms. The second kappa shape index (κ2) is 4.30. The van der Waals surface area contributed by atoms with Gasteiger partial charge in [0, 0.05) is 6.07 Å². The van der Waals surface area contributed by atoms with Crippen LogP contribution in [0.3, 0.4) is 0 Å². The highest BCUT2D eigenvalue weighted by atomic mass is 35.5. The predicted octanol–water partition coefficient (Wildman–Crippen LogP) is 3.86. The summed E-state index contributed by atoms with van der Waals surface area (Å²) in [6.45, 7) is 8.68. The minimum absolute atomic E-state index is 0.0325. The van der Waals surface area contributed by atoms with Crippen LogP contribution in [0.1, 0.15) is 13.8 Å². The van der Waals surface area contributed by atoms with E-state index in [1.165, 1.54) is 6.07 Å². The lowest BCUT2D eigenvalue weighted by Crippen LogP contribution is -2.05. The monoisotopic (exact) mass is 214 g/mol. The van der Waals surface area contributed by atoms with E-state index in [-0.39, 0.29) is 16.8 Å². The van der Waals surface area contributed by atoms with Gasteiger partial charge >= 0.3 is 5.69 Å². The van der Waals surface area contributed by atoms with Crippen molar-refractivity contribution in [2.75, 3.05) is 0 Å². The van der Waals surface area contributed by atoms with Gasteiger partial charge in [0.05, 0.1) is 17.2 Å². The molecule has 0 aliphatic carbocycles. The van der Waals surface area contributed by atoms with Crippen molar-refractivity contribution in [2.24, 2.45) is 0 Å². The molecule has 0 radical (unpaired) electrons. The minimum Gasteiger partial charge on any atom is -0.489 e. The quantitative estimate of drug-likeness (QED) is 0.729. The van der Waals surface area contributed by atoms with Gasteiger partial charge in [-0.05, 0) is 18.7 Å². The molecule has 1 aromatic rings. The van der Waals surface area contributed by atoms with Gasteiger partial charge in [-0.3, -0.25) is 0 Å². The smallest absolute Gasteiger partial charge is 0.378 e. The van der Waals surface area contributed by atoms with Crippen molar-refractivity contribution in [2.45, 2.75) is 20.0 Å². The Morgan fingerprint density at radius 2 is 2.14 bits per heavy atom. The van der Waals surface area contributed by atoms with Gasteiger partial charge in [-0.2, -0.15) is 4.39 Å². The van der Waals surface area contributed by atoms with Crippen molar-refractivity contribution in [3.05, 3.63) is 27.8 Å². The van der Waals surface area contributed by atoms with Crippen molar-refractivity contribution < 1.29 is 9.13 Å². The summed E-state index contributed by atoms with van der Waals surface area (Å²) in [6.07, 6.45) is -0.0383. The first-order valence-electron chi connectivity index (χ1n) is 4.11. The topological polar surface area (TPSA) is 13.6 Å². The Bertz CT molecular complexity index is 384. The molecular formula is C10H10ClFNO+. The Labute approximate surface area is 87.1 Å². The molecule has 1 rings (SSSR count). The summed E-state index contributed by atoms with van der Waals surface area (Å²) in [5, 5.41) is 0.212. The van der Waals surface area contributed by atoms with E-state index in [2.05, 4.69) is 4.85 Å². The Kier molecular flexibility index (Phi) is 3.32. The van der Waals surface area contributed by atoms with Gasteiger partial charge in [0.25, 0.3) is 6.57 Å². The molecule has 0 aromatic heterocycles. The van der Waals surface area contributed by atoms with Crippen LogP contribution in [0.15, 0.2) is 12.1 Å². The molecule has 0 heterocycles. The molecular weight excluding hydrogens is 205 g/mol. The molecule has 0 atom stereocenters. The van der Waals surface area contributed by atoms with E-state index >= 15 is 0 Å². The standard InChI is InChI=1S/C10H10ClFNO/c1-6(2)14-10-5-9(13-3)8(12)4-7(10)11/h3-6H,1-2H3/q+1. The van der Waals surface area contributed by atoms with Gasteiger partial charge in [-0.25, -0.2) is 0 Å². The maximum Gasteiger partial charge on any atom is 0.378 e. The Morgan fingerprint density at radius 1 is 1.50 bits per heavy atom. The van der Waals surface area contributed by atoms with Gasteiger partial charge in [0.15, 0.2) is 0 Å². The lowest BCUT2D eigenvalue weighted by atomic mass is 10.3. The fourth-order valence-corrected chi connectivity index (χ4v) is 1.16. The number of nitrogens with zero attached hydrogens (tertiary/aromatic N) is 1. The van der Waals surface area contributed by atoms with Crippen LogP contribution in [-0.4, -0.2) is 6.10 Å². The van der Waals surface area contributed by atoms with E-state index in [0.29, 0.717) is 5.75 Å². The Balaban J connectivity index is 3.12. The van der Waals surface area contributed by atoms with Crippen LogP contribution in [0.5, 0.6) is 5.75 Å². The van der Waals surface area contributed by atoms with Gasteiger partial charge in [0.2, 0.25) is 5.82 Å². The third-order valence-corrected chi connectivity index (χ3v) is 1.80. The van der Waals surface area contributed by atoms with Gasteiger partial charge in [0.1, 0.15) is 5.75 Å². The Hall–Kier alpha value is -1.27. The van der Waals surface area contributed by atoms with Gasteiger partial charge < -0.3 is 4.74 Å². The summed E-state index contributed by atoms with van der Waals surface area (Å²) >= 11 is 5.76. The summed E-state index contributed by atoms with van der Waals surface area (Å²) in [5.41, 5.74) is 0.0325. The van der Waals surface area contributed by atoms with Crippen LogP contribution in [-0.2, 0) is 0 Å². The zero-order valence-electron chi connectivity index (χ0n) is 7.92. The number of benzene rings is 1. The first-order chi connectivity index (χ1) is 6.54. The zero-order valence-corrected chi connectivity index (χ0v) is 8.68. The average Bonchev–Trinajstić information content (AvgIpc) is 2.09. The third kappa shape index (κ3) is 2.36. The van der Waals surface area contributed by atoms with Crippen molar-refractivity contribution in [3.8, 4) is 12.3 Å². The first kappa shape index (κ1) is 10.8. The van der Waals surface area contributed by atoms with Gasteiger partial charge in [-0.15, -0.1) is 0 Å². The lowest BCUT2D eigenvalue weighted by molar-refractivity contribution is 0.242.